The van der Waals surface area contributed by atoms with Crippen molar-refractivity contribution < 1.29 is 9.47 Å². The molecular formula is C17H30IN5O2. The average Bonchev–Trinajstić information content (AvgIpc) is 2.62. The molecule has 0 bridgehead atoms. The normalized spacial score (nSPS) is 15.4. The lowest BCUT2D eigenvalue weighted by atomic mass is 10.3. The summed E-state index contributed by atoms with van der Waals surface area (Å²) in [5.41, 5.74) is 0.990. The molecule has 1 aromatic rings. The summed E-state index contributed by atoms with van der Waals surface area (Å²) in [5.74, 6) is 1.48. The molecular weight excluding hydrogens is 433 g/mol. The Hall–Kier alpha value is -1.13. The van der Waals surface area contributed by atoms with E-state index in [1.807, 2.05) is 19.1 Å². The molecule has 1 fully saturated rings. The van der Waals surface area contributed by atoms with Crippen LogP contribution in [0.15, 0.2) is 23.3 Å². The molecule has 1 aliphatic heterocycles. The summed E-state index contributed by atoms with van der Waals surface area (Å²) in [7, 11) is 0. The second-order valence-corrected chi connectivity index (χ2v) is 5.48. The highest BCUT2D eigenvalue weighted by Crippen LogP contribution is 2.15. The zero-order valence-electron chi connectivity index (χ0n) is 15.2. The largest absolute Gasteiger partial charge is 0.478 e. The number of nitrogens with one attached hydrogen (secondary N) is 2. The number of halogens is 1. The van der Waals surface area contributed by atoms with E-state index < -0.39 is 0 Å². The molecule has 7 nitrogen and oxygen atoms in total. The highest BCUT2D eigenvalue weighted by molar-refractivity contribution is 14.0. The molecule has 0 aromatic carbocycles. The monoisotopic (exact) mass is 463 g/mol. The molecule has 142 valence electrons. The van der Waals surface area contributed by atoms with Gasteiger partial charge in [-0.25, -0.2) is 9.98 Å². The van der Waals surface area contributed by atoms with Crippen LogP contribution in [0.25, 0.3) is 0 Å². The molecule has 0 atom stereocenters. The average molecular weight is 463 g/mol. The van der Waals surface area contributed by atoms with Crippen LogP contribution in [0.3, 0.4) is 0 Å². The zero-order chi connectivity index (χ0) is 17.0. The number of ether oxygens (including phenoxy) is 2. The van der Waals surface area contributed by atoms with Gasteiger partial charge in [0, 0.05) is 44.5 Å². The Morgan fingerprint density at radius 1 is 1.32 bits per heavy atom. The van der Waals surface area contributed by atoms with Crippen LogP contribution < -0.4 is 15.4 Å². The second kappa shape index (κ2) is 13.1. The predicted molar refractivity (Wildman–Crippen MR) is 111 cm³/mol. The molecule has 0 saturated carbocycles. The van der Waals surface area contributed by atoms with E-state index in [1.54, 1.807) is 6.20 Å². The smallest absolute Gasteiger partial charge is 0.218 e. The van der Waals surface area contributed by atoms with Crippen molar-refractivity contribution in [3.8, 4) is 5.88 Å². The van der Waals surface area contributed by atoms with Crippen LogP contribution in [0.2, 0.25) is 0 Å². The molecule has 2 rings (SSSR count). The van der Waals surface area contributed by atoms with Crippen LogP contribution >= 0.6 is 24.0 Å². The van der Waals surface area contributed by atoms with Gasteiger partial charge in [-0.3, -0.25) is 4.90 Å². The SMILES string of the molecule is CCNC(=NCc1cccnc1OCC)NCCN1CCOCC1.I. The fourth-order valence-electron chi connectivity index (χ4n) is 2.47. The van der Waals surface area contributed by atoms with Gasteiger partial charge in [0.15, 0.2) is 5.96 Å². The van der Waals surface area contributed by atoms with Crippen molar-refractivity contribution in [1.29, 1.82) is 0 Å². The Labute approximate surface area is 167 Å². The molecule has 1 saturated heterocycles. The highest BCUT2D eigenvalue weighted by atomic mass is 127. The minimum absolute atomic E-state index is 0. The molecule has 25 heavy (non-hydrogen) atoms. The molecule has 1 aliphatic rings. The van der Waals surface area contributed by atoms with Crippen molar-refractivity contribution in [2.24, 2.45) is 4.99 Å². The number of hydrogen-bond donors (Lipinski definition) is 2. The molecule has 0 aliphatic carbocycles. The minimum atomic E-state index is 0. The van der Waals surface area contributed by atoms with Crippen molar-refractivity contribution in [2.75, 3.05) is 52.5 Å². The lowest BCUT2D eigenvalue weighted by molar-refractivity contribution is 0.0389. The van der Waals surface area contributed by atoms with Crippen LogP contribution in [-0.2, 0) is 11.3 Å². The van der Waals surface area contributed by atoms with Gasteiger partial charge >= 0.3 is 0 Å². The fourth-order valence-corrected chi connectivity index (χ4v) is 2.47. The Morgan fingerprint density at radius 3 is 2.84 bits per heavy atom. The van der Waals surface area contributed by atoms with E-state index in [0.29, 0.717) is 19.0 Å². The fraction of sp³-hybridized carbons (Fsp3) is 0.647. The number of hydrogen-bond acceptors (Lipinski definition) is 5. The molecule has 8 heteroatoms. The van der Waals surface area contributed by atoms with Crippen LogP contribution in [-0.4, -0.2) is 68.4 Å². The maximum atomic E-state index is 5.55. The summed E-state index contributed by atoms with van der Waals surface area (Å²) in [6.07, 6.45) is 1.74. The van der Waals surface area contributed by atoms with Crippen LogP contribution in [0.1, 0.15) is 19.4 Å². The van der Waals surface area contributed by atoms with Gasteiger partial charge in [-0.1, -0.05) is 6.07 Å². The Kier molecular flexibility index (Phi) is 11.5. The van der Waals surface area contributed by atoms with Crippen LogP contribution in [0.5, 0.6) is 5.88 Å². The van der Waals surface area contributed by atoms with Gasteiger partial charge in [0.2, 0.25) is 5.88 Å². The summed E-state index contributed by atoms with van der Waals surface area (Å²) in [5, 5.41) is 6.66. The third-order valence-corrected chi connectivity index (χ3v) is 3.71. The van der Waals surface area contributed by atoms with Crippen LogP contribution in [0, 0.1) is 0 Å². The Bertz CT molecular complexity index is 510. The van der Waals surface area contributed by atoms with Gasteiger partial charge in [-0.05, 0) is 19.9 Å². The van der Waals surface area contributed by atoms with E-state index in [2.05, 4.69) is 32.4 Å². The van der Waals surface area contributed by atoms with Crippen molar-refractivity contribution in [3.05, 3.63) is 23.9 Å². The lowest BCUT2D eigenvalue weighted by Gasteiger charge is -2.26. The third kappa shape index (κ3) is 8.19. The number of pyridine rings is 1. The maximum absolute atomic E-state index is 5.55. The zero-order valence-corrected chi connectivity index (χ0v) is 17.5. The molecule has 0 radical (unpaired) electrons. The number of nitrogens with zero attached hydrogens (tertiary/aromatic N) is 3. The van der Waals surface area contributed by atoms with Gasteiger partial charge in [0.1, 0.15) is 0 Å². The lowest BCUT2D eigenvalue weighted by Crippen LogP contribution is -2.44. The molecule has 0 amide bonds. The second-order valence-electron chi connectivity index (χ2n) is 5.48. The maximum Gasteiger partial charge on any atom is 0.218 e. The first kappa shape index (κ1) is 21.9. The van der Waals surface area contributed by atoms with E-state index in [-0.39, 0.29) is 24.0 Å². The third-order valence-electron chi connectivity index (χ3n) is 3.71. The number of morpholine rings is 1. The van der Waals surface area contributed by atoms with E-state index >= 15 is 0 Å². The van der Waals surface area contributed by atoms with Crippen molar-refractivity contribution in [2.45, 2.75) is 20.4 Å². The summed E-state index contributed by atoms with van der Waals surface area (Å²) in [6.45, 7) is 11.5. The van der Waals surface area contributed by atoms with Crippen LogP contribution in [0.4, 0.5) is 0 Å². The van der Waals surface area contributed by atoms with E-state index in [9.17, 15) is 0 Å². The summed E-state index contributed by atoms with van der Waals surface area (Å²) < 4.78 is 10.9. The topological polar surface area (TPSA) is 71.0 Å². The van der Waals surface area contributed by atoms with Gasteiger partial charge in [0.05, 0.1) is 26.4 Å². The first-order valence-electron chi connectivity index (χ1n) is 8.72. The first-order valence-corrected chi connectivity index (χ1v) is 8.72. The van der Waals surface area contributed by atoms with Gasteiger partial charge in [0.25, 0.3) is 0 Å². The summed E-state index contributed by atoms with van der Waals surface area (Å²) in [4.78, 5) is 11.3. The Balaban J connectivity index is 0.00000312. The first-order chi connectivity index (χ1) is 11.8. The standard InChI is InChI=1S/C17H29N5O2.HI/c1-3-18-17(20-8-9-22-10-12-23-13-11-22)21-14-15-6-5-7-19-16(15)24-4-2;/h5-7H,3-4,8-14H2,1-2H3,(H2,18,20,21);1H. The predicted octanol–water partition coefficient (Wildman–Crippen LogP) is 1.49. The van der Waals surface area contributed by atoms with Gasteiger partial charge in [-0.2, -0.15) is 0 Å². The van der Waals surface area contributed by atoms with E-state index in [4.69, 9.17) is 9.47 Å². The Morgan fingerprint density at radius 2 is 2.12 bits per heavy atom. The van der Waals surface area contributed by atoms with E-state index in [0.717, 1.165) is 57.5 Å². The van der Waals surface area contributed by atoms with Crippen molar-refractivity contribution >= 4 is 29.9 Å². The molecule has 2 N–H and O–H groups in total. The van der Waals surface area contributed by atoms with Gasteiger partial charge < -0.3 is 20.1 Å². The number of aromatic nitrogens is 1. The molecule has 1 aromatic heterocycles. The number of aliphatic imine (C=N–C) groups is 1. The van der Waals surface area contributed by atoms with Crippen molar-refractivity contribution in [1.82, 2.24) is 20.5 Å². The summed E-state index contributed by atoms with van der Waals surface area (Å²) >= 11 is 0. The number of rotatable bonds is 8. The molecule has 0 spiro atoms. The van der Waals surface area contributed by atoms with E-state index in [1.165, 1.54) is 0 Å². The number of guanidine groups is 1. The summed E-state index contributed by atoms with van der Waals surface area (Å²) in [6, 6.07) is 3.91. The minimum Gasteiger partial charge on any atom is -0.478 e. The highest BCUT2D eigenvalue weighted by Gasteiger charge is 2.10. The van der Waals surface area contributed by atoms with Gasteiger partial charge in [-0.15, -0.1) is 24.0 Å². The molecule has 2 heterocycles. The quantitative estimate of drug-likeness (QED) is 0.346. The van der Waals surface area contributed by atoms with Crippen molar-refractivity contribution in [3.63, 3.8) is 0 Å². The molecule has 0 unspecified atom stereocenters.